The van der Waals surface area contributed by atoms with Gasteiger partial charge in [0.25, 0.3) is 11.8 Å². The number of halogens is 1. The van der Waals surface area contributed by atoms with E-state index in [0.29, 0.717) is 28.5 Å². The average molecular weight is 527 g/mol. The summed E-state index contributed by atoms with van der Waals surface area (Å²) in [6.45, 7) is 1.41. The molecule has 32 heavy (non-hydrogen) atoms. The van der Waals surface area contributed by atoms with Crippen LogP contribution in [0.25, 0.3) is 10.9 Å². The number of H-pyrrole nitrogens is 1. The summed E-state index contributed by atoms with van der Waals surface area (Å²) in [5.74, 6) is -1.04. The molecule has 0 aliphatic carbocycles. The Kier molecular flexibility index (Phi) is 6.89. The molecular formula is C21H27BrN4O5S. The molecule has 9 nitrogen and oxygen atoms in total. The monoisotopic (exact) mass is 526 g/mol. The maximum atomic E-state index is 13.6. The molecule has 0 bridgehead atoms. The quantitative estimate of drug-likeness (QED) is 0.631. The number of primary amides is 1. The maximum absolute atomic E-state index is 13.6. The minimum absolute atomic E-state index is 0.0883. The molecule has 11 heteroatoms. The summed E-state index contributed by atoms with van der Waals surface area (Å²) in [7, 11) is -4.12. The standard InChI is InChI=1S/C21H27BrN4O5S/c22-14-6-7-16-15(12-14)19(18(24-16)20(23)27)32(29,30)26-10-11-31-17(13-26)21(28)25-8-4-2-1-3-5-9-25/h6-7,12,17,24H,1-5,8-11,13H2,(H2,23,27). The second kappa shape index (κ2) is 9.50. The Morgan fingerprint density at radius 1 is 1.09 bits per heavy atom. The highest BCUT2D eigenvalue weighted by Crippen LogP contribution is 2.32. The highest BCUT2D eigenvalue weighted by atomic mass is 79.9. The molecular weight excluding hydrogens is 500 g/mol. The number of fused-ring (bicyclic) bond motifs is 1. The number of ether oxygens (including phenoxy) is 1. The minimum Gasteiger partial charge on any atom is -0.366 e. The highest BCUT2D eigenvalue weighted by Gasteiger charge is 2.39. The van der Waals surface area contributed by atoms with Gasteiger partial charge in [-0.25, -0.2) is 8.42 Å². The first-order valence-electron chi connectivity index (χ1n) is 10.8. The first kappa shape index (κ1) is 23.2. The first-order valence-corrected chi connectivity index (χ1v) is 13.0. The number of rotatable bonds is 4. The summed E-state index contributed by atoms with van der Waals surface area (Å²) in [6, 6.07) is 5.06. The van der Waals surface area contributed by atoms with Gasteiger partial charge < -0.3 is 20.4 Å². The third-order valence-corrected chi connectivity index (χ3v) is 8.47. The van der Waals surface area contributed by atoms with Gasteiger partial charge in [0.1, 0.15) is 16.7 Å². The second-order valence-electron chi connectivity index (χ2n) is 8.20. The smallest absolute Gasteiger partial charge is 0.266 e. The molecule has 2 aliphatic rings. The molecule has 2 amide bonds. The molecule has 0 spiro atoms. The van der Waals surface area contributed by atoms with E-state index in [1.165, 1.54) is 10.7 Å². The number of likely N-dealkylation sites (tertiary alicyclic amines) is 1. The molecule has 2 aromatic rings. The van der Waals surface area contributed by atoms with E-state index in [0.717, 1.165) is 25.7 Å². The lowest BCUT2D eigenvalue weighted by atomic mass is 10.1. The predicted molar refractivity (Wildman–Crippen MR) is 123 cm³/mol. The number of carbonyl (C=O) groups excluding carboxylic acids is 2. The lowest BCUT2D eigenvalue weighted by Gasteiger charge is -2.35. The molecule has 2 fully saturated rings. The molecule has 3 heterocycles. The van der Waals surface area contributed by atoms with Crippen LogP contribution < -0.4 is 5.73 Å². The van der Waals surface area contributed by atoms with Gasteiger partial charge in [-0.2, -0.15) is 4.31 Å². The molecule has 0 radical (unpaired) electrons. The van der Waals surface area contributed by atoms with Crippen molar-refractivity contribution < 1.29 is 22.7 Å². The van der Waals surface area contributed by atoms with Crippen molar-refractivity contribution in [3.05, 3.63) is 28.4 Å². The fraction of sp³-hybridized carbons (Fsp3) is 0.524. The molecule has 0 saturated carbocycles. The molecule has 1 aromatic heterocycles. The largest absolute Gasteiger partial charge is 0.366 e. The Labute approximate surface area is 195 Å². The van der Waals surface area contributed by atoms with E-state index in [2.05, 4.69) is 20.9 Å². The number of nitrogens with two attached hydrogens (primary N) is 1. The Balaban J connectivity index is 1.63. The number of benzene rings is 1. The van der Waals surface area contributed by atoms with Gasteiger partial charge >= 0.3 is 0 Å². The predicted octanol–water partition coefficient (Wildman–Crippen LogP) is 2.21. The number of aromatic nitrogens is 1. The topological polar surface area (TPSA) is 126 Å². The van der Waals surface area contributed by atoms with E-state index < -0.39 is 22.0 Å². The number of morpholine rings is 1. The van der Waals surface area contributed by atoms with Gasteiger partial charge in [-0.3, -0.25) is 9.59 Å². The van der Waals surface area contributed by atoms with Gasteiger partial charge in [0.2, 0.25) is 10.0 Å². The summed E-state index contributed by atoms with van der Waals surface area (Å²) in [4.78, 5) is 29.6. The van der Waals surface area contributed by atoms with E-state index in [4.69, 9.17) is 10.5 Å². The van der Waals surface area contributed by atoms with Crippen molar-refractivity contribution in [1.82, 2.24) is 14.2 Å². The number of aromatic amines is 1. The summed E-state index contributed by atoms with van der Waals surface area (Å²) in [5.41, 5.74) is 5.81. The number of amides is 2. The number of nitrogens with zero attached hydrogens (tertiary/aromatic N) is 2. The minimum atomic E-state index is -4.12. The van der Waals surface area contributed by atoms with Crippen molar-refractivity contribution in [1.29, 1.82) is 0 Å². The van der Waals surface area contributed by atoms with Crippen LogP contribution in [0.1, 0.15) is 42.6 Å². The Morgan fingerprint density at radius 2 is 1.78 bits per heavy atom. The molecule has 174 valence electrons. The molecule has 3 N–H and O–H groups in total. The Hall–Kier alpha value is -1.95. The van der Waals surface area contributed by atoms with E-state index in [1.54, 1.807) is 23.1 Å². The van der Waals surface area contributed by atoms with Crippen LogP contribution in [0.15, 0.2) is 27.6 Å². The zero-order chi connectivity index (χ0) is 22.9. The number of carbonyl (C=O) groups is 2. The SMILES string of the molecule is NC(=O)c1[nH]c2ccc(Br)cc2c1S(=O)(=O)N1CCOC(C(=O)N2CCCCCCC2)C1. The molecule has 1 atom stereocenters. The van der Waals surface area contributed by atoms with Crippen LogP contribution in [-0.4, -0.2) is 73.3 Å². The lowest BCUT2D eigenvalue weighted by molar-refractivity contribution is -0.147. The van der Waals surface area contributed by atoms with E-state index in [-0.39, 0.29) is 36.2 Å². The van der Waals surface area contributed by atoms with Crippen LogP contribution in [0.2, 0.25) is 0 Å². The zero-order valence-corrected chi connectivity index (χ0v) is 20.1. The third-order valence-electron chi connectivity index (χ3n) is 6.03. The van der Waals surface area contributed by atoms with E-state index in [1.807, 2.05) is 0 Å². The van der Waals surface area contributed by atoms with Crippen molar-refractivity contribution >= 4 is 48.7 Å². The van der Waals surface area contributed by atoms with Crippen LogP contribution in [0.4, 0.5) is 0 Å². The normalized spacial score (nSPS) is 21.3. The molecule has 4 rings (SSSR count). The maximum Gasteiger partial charge on any atom is 0.266 e. The number of hydrogen-bond acceptors (Lipinski definition) is 5. The van der Waals surface area contributed by atoms with Crippen LogP contribution >= 0.6 is 15.9 Å². The fourth-order valence-corrected chi connectivity index (χ4v) is 6.50. The lowest BCUT2D eigenvalue weighted by Crippen LogP contribution is -2.53. The van der Waals surface area contributed by atoms with Crippen molar-refractivity contribution in [2.45, 2.75) is 43.1 Å². The van der Waals surface area contributed by atoms with Gasteiger partial charge in [0, 0.05) is 41.6 Å². The van der Waals surface area contributed by atoms with Gasteiger partial charge in [-0.05, 0) is 31.0 Å². The third kappa shape index (κ3) is 4.57. The summed E-state index contributed by atoms with van der Waals surface area (Å²) < 4.78 is 34.9. The molecule has 1 unspecified atom stereocenters. The van der Waals surface area contributed by atoms with Crippen molar-refractivity contribution in [3.8, 4) is 0 Å². The molecule has 1 aromatic carbocycles. The average Bonchev–Trinajstić information content (AvgIpc) is 3.13. The van der Waals surface area contributed by atoms with Crippen molar-refractivity contribution in [3.63, 3.8) is 0 Å². The highest BCUT2D eigenvalue weighted by molar-refractivity contribution is 9.10. The van der Waals surface area contributed by atoms with Crippen LogP contribution in [-0.2, 0) is 19.6 Å². The van der Waals surface area contributed by atoms with Gasteiger partial charge in [0.05, 0.1) is 6.61 Å². The molecule has 2 saturated heterocycles. The van der Waals surface area contributed by atoms with Crippen LogP contribution in [0.3, 0.4) is 0 Å². The summed E-state index contributed by atoms with van der Waals surface area (Å²) in [6.07, 6.45) is 4.35. The summed E-state index contributed by atoms with van der Waals surface area (Å²) in [5, 5.41) is 0.367. The van der Waals surface area contributed by atoms with Gasteiger partial charge in [-0.1, -0.05) is 35.2 Å². The van der Waals surface area contributed by atoms with Crippen LogP contribution in [0, 0.1) is 0 Å². The summed E-state index contributed by atoms with van der Waals surface area (Å²) >= 11 is 3.35. The fourth-order valence-electron chi connectivity index (χ4n) is 4.37. The number of hydrogen-bond donors (Lipinski definition) is 2. The molecule has 2 aliphatic heterocycles. The van der Waals surface area contributed by atoms with E-state index >= 15 is 0 Å². The number of nitrogens with one attached hydrogen (secondary N) is 1. The first-order chi connectivity index (χ1) is 15.3. The Bertz CT molecular complexity index is 1120. The second-order valence-corrected chi connectivity index (χ2v) is 11.0. The Morgan fingerprint density at radius 3 is 2.47 bits per heavy atom. The van der Waals surface area contributed by atoms with Crippen molar-refractivity contribution in [2.24, 2.45) is 5.73 Å². The van der Waals surface area contributed by atoms with Crippen molar-refractivity contribution in [2.75, 3.05) is 32.8 Å². The van der Waals surface area contributed by atoms with Gasteiger partial charge in [0.15, 0.2) is 0 Å². The van der Waals surface area contributed by atoms with E-state index in [9.17, 15) is 18.0 Å². The van der Waals surface area contributed by atoms with Crippen LogP contribution in [0.5, 0.6) is 0 Å². The number of sulfonamides is 1. The zero-order valence-electron chi connectivity index (χ0n) is 17.7. The van der Waals surface area contributed by atoms with Gasteiger partial charge in [-0.15, -0.1) is 0 Å².